The van der Waals surface area contributed by atoms with Gasteiger partial charge < -0.3 is 5.32 Å². The van der Waals surface area contributed by atoms with Gasteiger partial charge in [0.25, 0.3) is 0 Å². The van der Waals surface area contributed by atoms with Crippen molar-refractivity contribution in [2.75, 3.05) is 6.54 Å². The molecule has 1 aromatic heterocycles. The highest BCUT2D eigenvalue weighted by molar-refractivity contribution is 7.11. The second-order valence-corrected chi connectivity index (χ2v) is 6.50. The largest absolute Gasteiger partial charge is 0.443 e. The van der Waals surface area contributed by atoms with Crippen molar-refractivity contribution in [1.29, 1.82) is 0 Å². The lowest BCUT2D eigenvalue weighted by atomic mass is 9.85. The lowest BCUT2D eigenvalue weighted by molar-refractivity contribution is -0.137. The van der Waals surface area contributed by atoms with Crippen molar-refractivity contribution < 1.29 is 13.2 Å². The van der Waals surface area contributed by atoms with Crippen molar-refractivity contribution in [3.63, 3.8) is 0 Å². The van der Waals surface area contributed by atoms with E-state index < -0.39 is 11.2 Å². The second-order valence-electron chi connectivity index (χ2n) is 5.47. The number of nitrogens with one attached hydrogen (secondary N) is 1. The Balaban J connectivity index is 2.74. The van der Waals surface area contributed by atoms with E-state index >= 15 is 0 Å². The summed E-state index contributed by atoms with van der Waals surface area (Å²) in [7, 11) is 0. The quantitative estimate of drug-likeness (QED) is 0.850. The summed E-state index contributed by atoms with van der Waals surface area (Å²) in [6.07, 6.45) is -1.15. The van der Waals surface area contributed by atoms with E-state index in [1.54, 1.807) is 0 Å². The van der Waals surface area contributed by atoms with Crippen LogP contribution < -0.4 is 5.32 Å². The maximum atomic E-state index is 12.6. The van der Waals surface area contributed by atoms with Gasteiger partial charge in [-0.15, -0.1) is 11.3 Å². The van der Waals surface area contributed by atoms with Crippen LogP contribution in [0.3, 0.4) is 0 Å². The average Bonchev–Trinajstić information content (AvgIpc) is 2.75. The Morgan fingerprint density at radius 1 is 1.37 bits per heavy atom. The van der Waals surface area contributed by atoms with Gasteiger partial charge in [-0.2, -0.15) is 13.2 Å². The third kappa shape index (κ3) is 4.76. The Morgan fingerprint density at radius 3 is 2.47 bits per heavy atom. The molecule has 1 unspecified atom stereocenters. The molecule has 0 aliphatic rings. The van der Waals surface area contributed by atoms with E-state index in [9.17, 15) is 13.2 Å². The topological polar surface area (TPSA) is 24.9 Å². The fraction of sp³-hybridized carbons (Fsp3) is 0.769. The Hall–Kier alpha value is -0.620. The van der Waals surface area contributed by atoms with Crippen molar-refractivity contribution in [2.24, 2.45) is 0 Å². The first-order chi connectivity index (χ1) is 8.66. The number of rotatable bonds is 6. The lowest BCUT2D eigenvalue weighted by Gasteiger charge is -2.27. The van der Waals surface area contributed by atoms with E-state index in [2.05, 4.69) is 24.1 Å². The smallest absolute Gasteiger partial charge is 0.314 e. The summed E-state index contributed by atoms with van der Waals surface area (Å²) in [5, 5.41) is 2.60. The molecule has 0 aromatic carbocycles. The van der Waals surface area contributed by atoms with Crippen LogP contribution in [0, 0.1) is 0 Å². The van der Waals surface area contributed by atoms with Gasteiger partial charge >= 0.3 is 6.18 Å². The van der Waals surface area contributed by atoms with Crippen LogP contribution in [0.4, 0.5) is 13.2 Å². The van der Waals surface area contributed by atoms with Crippen LogP contribution in [0.25, 0.3) is 0 Å². The minimum Gasteiger partial charge on any atom is -0.314 e. The maximum Gasteiger partial charge on any atom is 0.443 e. The normalized spacial score (nSPS) is 14.7. The summed E-state index contributed by atoms with van der Waals surface area (Å²) in [6, 6.07) is 0.270. The van der Waals surface area contributed by atoms with Crippen LogP contribution in [-0.4, -0.2) is 17.6 Å². The molecule has 0 spiro atoms. The molecule has 0 saturated heterocycles. The molecule has 2 nitrogen and oxygen atoms in total. The number of nitrogens with zero attached hydrogens (tertiary/aromatic N) is 1. The van der Waals surface area contributed by atoms with Crippen molar-refractivity contribution in [3.8, 4) is 0 Å². The monoisotopic (exact) mass is 294 g/mol. The molecule has 0 saturated carbocycles. The minimum absolute atomic E-state index is 0.270. The highest BCUT2D eigenvalue weighted by Crippen LogP contribution is 2.38. The highest BCUT2D eigenvalue weighted by Gasteiger charge is 2.36. The van der Waals surface area contributed by atoms with Crippen LogP contribution in [-0.2, 0) is 11.6 Å². The lowest BCUT2D eigenvalue weighted by Crippen LogP contribution is -2.33. The number of hydrogen-bond acceptors (Lipinski definition) is 3. The molecule has 1 heterocycles. The highest BCUT2D eigenvalue weighted by atomic mass is 32.1. The number of thiazole rings is 1. The number of halogens is 3. The SMILES string of the molecule is CCCNC(C)CC(C)(C)c1cnc(C(F)(F)F)s1. The van der Waals surface area contributed by atoms with Crippen molar-refractivity contribution >= 4 is 11.3 Å². The molecule has 19 heavy (non-hydrogen) atoms. The molecule has 1 atom stereocenters. The summed E-state index contributed by atoms with van der Waals surface area (Å²) in [4.78, 5) is 4.18. The fourth-order valence-electron chi connectivity index (χ4n) is 2.05. The minimum atomic E-state index is -4.34. The molecule has 1 aromatic rings. The third-order valence-electron chi connectivity index (χ3n) is 2.97. The van der Waals surface area contributed by atoms with Crippen molar-refractivity contribution in [3.05, 3.63) is 16.1 Å². The summed E-state index contributed by atoms with van der Waals surface area (Å²) < 4.78 is 37.7. The maximum absolute atomic E-state index is 12.6. The predicted molar refractivity (Wildman–Crippen MR) is 72.5 cm³/mol. The van der Waals surface area contributed by atoms with Gasteiger partial charge in [-0.05, 0) is 26.3 Å². The first kappa shape index (κ1) is 16.4. The Bertz CT molecular complexity index is 399. The average molecular weight is 294 g/mol. The number of aromatic nitrogens is 1. The van der Waals surface area contributed by atoms with Crippen LogP contribution in [0.1, 0.15) is 50.4 Å². The molecule has 0 fully saturated rings. The summed E-state index contributed by atoms with van der Waals surface area (Å²) in [6.45, 7) is 9.00. The van der Waals surface area contributed by atoms with Gasteiger partial charge in [0.15, 0.2) is 5.01 Å². The van der Waals surface area contributed by atoms with Gasteiger partial charge in [0.2, 0.25) is 0 Å². The summed E-state index contributed by atoms with van der Waals surface area (Å²) >= 11 is 0.749. The molecule has 1 rings (SSSR count). The van der Waals surface area contributed by atoms with Gasteiger partial charge in [0, 0.05) is 22.5 Å². The number of hydrogen-bond donors (Lipinski definition) is 1. The molecular formula is C13H21F3N2S. The zero-order chi connectivity index (χ0) is 14.7. The van der Waals surface area contributed by atoms with Crippen LogP contribution in [0.2, 0.25) is 0 Å². The van der Waals surface area contributed by atoms with E-state index in [-0.39, 0.29) is 11.5 Å². The zero-order valence-corrected chi connectivity index (χ0v) is 12.6. The van der Waals surface area contributed by atoms with Crippen LogP contribution in [0.15, 0.2) is 6.20 Å². The van der Waals surface area contributed by atoms with Gasteiger partial charge in [-0.3, -0.25) is 0 Å². The Kier molecular flexibility index (Phi) is 5.38. The molecule has 0 bridgehead atoms. The Morgan fingerprint density at radius 2 is 2.00 bits per heavy atom. The standard InChI is InChI=1S/C13H21F3N2S/c1-5-6-17-9(2)7-12(3,4)10-8-18-11(19-10)13(14,15)16/h8-9,17H,5-7H2,1-4H3. The molecule has 0 aliphatic heterocycles. The third-order valence-corrected chi connectivity index (χ3v) is 4.38. The van der Waals surface area contributed by atoms with E-state index in [0.29, 0.717) is 4.88 Å². The van der Waals surface area contributed by atoms with Gasteiger partial charge in [-0.25, -0.2) is 4.98 Å². The van der Waals surface area contributed by atoms with E-state index in [1.165, 1.54) is 6.20 Å². The van der Waals surface area contributed by atoms with Gasteiger partial charge in [-0.1, -0.05) is 20.8 Å². The first-order valence-corrected chi connectivity index (χ1v) is 7.25. The molecule has 110 valence electrons. The van der Waals surface area contributed by atoms with Crippen LogP contribution >= 0.6 is 11.3 Å². The first-order valence-electron chi connectivity index (χ1n) is 6.43. The van der Waals surface area contributed by atoms with E-state index in [4.69, 9.17) is 0 Å². The van der Waals surface area contributed by atoms with Gasteiger partial charge in [0.05, 0.1) is 0 Å². The summed E-state index contributed by atoms with van der Waals surface area (Å²) in [5.41, 5.74) is -0.304. The predicted octanol–water partition coefficient (Wildman–Crippen LogP) is 4.22. The Labute approximate surface area is 116 Å². The van der Waals surface area contributed by atoms with E-state index in [1.807, 2.05) is 13.8 Å². The van der Waals surface area contributed by atoms with Crippen LogP contribution in [0.5, 0.6) is 0 Å². The summed E-state index contributed by atoms with van der Waals surface area (Å²) in [5.74, 6) is 0. The van der Waals surface area contributed by atoms with Crippen molar-refractivity contribution in [1.82, 2.24) is 10.3 Å². The number of alkyl halides is 3. The van der Waals surface area contributed by atoms with Gasteiger partial charge in [0.1, 0.15) is 0 Å². The molecule has 0 radical (unpaired) electrons. The zero-order valence-electron chi connectivity index (χ0n) is 11.8. The van der Waals surface area contributed by atoms with Crippen molar-refractivity contribution in [2.45, 2.75) is 58.2 Å². The molecule has 1 N–H and O–H groups in total. The van der Waals surface area contributed by atoms with E-state index in [0.717, 1.165) is 30.7 Å². The molecular weight excluding hydrogens is 273 g/mol. The molecule has 6 heteroatoms. The second kappa shape index (κ2) is 6.22. The fourth-order valence-corrected chi connectivity index (χ4v) is 2.94. The molecule has 0 amide bonds. The molecule has 0 aliphatic carbocycles.